The Bertz CT molecular complexity index is 669. The molecule has 0 aromatic heterocycles. The average Bonchev–Trinajstić information content (AvgIpc) is 2.56. The topological polar surface area (TPSA) is 29.1 Å². The smallest absolute Gasteiger partial charge is 0.138 e. The van der Waals surface area contributed by atoms with Gasteiger partial charge in [-0.05, 0) is 54.8 Å². The minimum Gasteiger partial charge on any atom is -0.378 e. The monoisotopic (exact) mass is 391 g/mol. The zero-order valence-corrected chi connectivity index (χ0v) is 15.1. The first-order valence-electron chi connectivity index (χ1n) is 7.94. The van der Waals surface area contributed by atoms with Crippen LogP contribution in [0.3, 0.4) is 0 Å². The Morgan fingerprint density at radius 3 is 2.39 bits per heavy atom. The van der Waals surface area contributed by atoms with Crippen LogP contribution < -0.4 is 5.32 Å². The number of carbonyl (C=O) groups excluding carboxylic acids is 1. The fourth-order valence-corrected chi connectivity index (χ4v) is 3.56. The summed E-state index contributed by atoms with van der Waals surface area (Å²) in [6, 6.07) is 15.9. The van der Waals surface area contributed by atoms with Crippen LogP contribution in [0.2, 0.25) is 5.02 Å². The molecule has 0 bridgehead atoms. The zero-order valence-electron chi connectivity index (χ0n) is 12.8. The number of carbonyl (C=O) groups is 1. The third-order valence-electron chi connectivity index (χ3n) is 4.40. The van der Waals surface area contributed by atoms with Gasteiger partial charge >= 0.3 is 0 Å². The molecule has 1 N–H and O–H groups in total. The van der Waals surface area contributed by atoms with E-state index in [1.54, 1.807) is 0 Å². The first-order chi connectivity index (χ1) is 11.1. The van der Waals surface area contributed by atoms with Crippen molar-refractivity contribution in [2.24, 2.45) is 5.92 Å². The van der Waals surface area contributed by atoms with Gasteiger partial charge in [-0.25, -0.2) is 0 Å². The lowest BCUT2D eigenvalue weighted by Crippen LogP contribution is -2.30. The largest absolute Gasteiger partial charge is 0.378 e. The van der Waals surface area contributed by atoms with Gasteiger partial charge in [-0.3, -0.25) is 4.79 Å². The van der Waals surface area contributed by atoms with Gasteiger partial charge in [0, 0.05) is 27.5 Å². The Morgan fingerprint density at radius 2 is 1.74 bits per heavy atom. The highest BCUT2D eigenvalue weighted by molar-refractivity contribution is 9.10. The van der Waals surface area contributed by atoms with Crippen LogP contribution in [0.15, 0.2) is 53.0 Å². The third-order valence-corrected chi connectivity index (χ3v) is 5.18. The minimum atomic E-state index is -0.0127. The molecule has 2 aromatic rings. The molecule has 2 nitrogen and oxygen atoms in total. The second-order valence-electron chi connectivity index (χ2n) is 6.00. The first-order valence-corrected chi connectivity index (χ1v) is 9.11. The molecule has 0 radical (unpaired) electrons. The summed E-state index contributed by atoms with van der Waals surface area (Å²) in [6.07, 6.45) is 3.76. The quantitative estimate of drug-likeness (QED) is 0.690. The van der Waals surface area contributed by atoms with Crippen LogP contribution in [0.25, 0.3) is 0 Å². The highest BCUT2D eigenvalue weighted by Crippen LogP contribution is 2.35. The predicted molar refractivity (Wildman–Crippen MR) is 98.9 cm³/mol. The van der Waals surface area contributed by atoms with E-state index < -0.39 is 0 Å². The average molecular weight is 393 g/mol. The van der Waals surface area contributed by atoms with Crippen LogP contribution >= 0.6 is 27.5 Å². The molecule has 4 heteroatoms. The molecule has 1 aliphatic rings. The van der Waals surface area contributed by atoms with Crippen LogP contribution in [0.5, 0.6) is 0 Å². The van der Waals surface area contributed by atoms with E-state index in [2.05, 4.69) is 21.2 Å². The molecule has 0 spiro atoms. The maximum absolute atomic E-state index is 12.4. The van der Waals surface area contributed by atoms with Gasteiger partial charge < -0.3 is 5.32 Å². The number of anilines is 1. The van der Waals surface area contributed by atoms with Crippen LogP contribution in [-0.2, 0) is 4.79 Å². The summed E-state index contributed by atoms with van der Waals surface area (Å²) in [4.78, 5) is 12.4. The molecule has 3 rings (SSSR count). The molecule has 0 aliphatic heterocycles. The summed E-state index contributed by atoms with van der Waals surface area (Å²) in [5.41, 5.74) is 2.13. The highest BCUT2D eigenvalue weighted by atomic mass is 79.9. The zero-order chi connectivity index (χ0) is 16.2. The summed E-state index contributed by atoms with van der Waals surface area (Å²) in [7, 11) is 0. The predicted octanol–water partition coefficient (Wildman–Crippen LogP) is 6.02. The lowest BCUT2D eigenvalue weighted by molar-refractivity contribution is -0.125. The number of hydrogen-bond donors (Lipinski definition) is 1. The molecule has 120 valence electrons. The van der Waals surface area contributed by atoms with E-state index >= 15 is 0 Å². The van der Waals surface area contributed by atoms with Crippen LogP contribution in [0, 0.1) is 5.92 Å². The van der Waals surface area contributed by atoms with Gasteiger partial charge in [0.05, 0.1) is 6.04 Å². The fourth-order valence-electron chi connectivity index (χ4n) is 3.17. The van der Waals surface area contributed by atoms with E-state index in [0.717, 1.165) is 35.0 Å². The van der Waals surface area contributed by atoms with E-state index in [0.29, 0.717) is 17.2 Å². The molecule has 2 atom stereocenters. The Labute approximate surface area is 150 Å². The SMILES string of the molecule is O=C1CCCCC1C(Nc1ccc(Br)cc1)c1ccc(Cl)cc1. The number of hydrogen-bond acceptors (Lipinski definition) is 2. The number of rotatable bonds is 4. The molecule has 2 aromatic carbocycles. The normalized spacial score (nSPS) is 19.4. The van der Waals surface area contributed by atoms with Crippen molar-refractivity contribution in [2.75, 3.05) is 5.32 Å². The van der Waals surface area contributed by atoms with Crippen molar-refractivity contribution in [2.45, 2.75) is 31.7 Å². The van der Waals surface area contributed by atoms with Gasteiger partial charge in [0.15, 0.2) is 0 Å². The van der Waals surface area contributed by atoms with Crippen molar-refractivity contribution in [1.82, 2.24) is 0 Å². The molecule has 1 saturated carbocycles. The van der Waals surface area contributed by atoms with E-state index in [4.69, 9.17) is 11.6 Å². The number of halogens is 2. The second kappa shape index (κ2) is 7.50. The maximum atomic E-state index is 12.4. The van der Waals surface area contributed by atoms with Gasteiger partial charge in [-0.2, -0.15) is 0 Å². The van der Waals surface area contributed by atoms with Gasteiger partial charge in [0.1, 0.15) is 5.78 Å². The summed E-state index contributed by atoms with van der Waals surface area (Å²) in [5, 5.41) is 4.27. The Balaban J connectivity index is 1.90. The van der Waals surface area contributed by atoms with Crippen LogP contribution in [0.1, 0.15) is 37.3 Å². The molecule has 2 unspecified atom stereocenters. The number of ketones is 1. The fraction of sp³-hybridized carbons (Fsp3) is 0.316. The van der Waals surface area contributed by atoms with E-state index in [-0.39, 0.29) is 12.0 Å². The summed E-state index contributed by atoms with van der Waals surface area (Å²) in [6.45, 7) is 0. The van der Waals surface area contributed by atoms with Gasteiger partial charge in [0.25, 0.3) is 0 Å². The standard InChI is InChI=1S/C19H19BrClNO/c20-14-7-11-16(12-8-14)22-19(13-5-9-15(21)10-6-13)17-3-1-2-4-18(17)23/h5-12,17,19,22H,1-4H2. The maximum Gasteiger partial charge on any atom is 0.138 e. The first kappa shape index (κ1) is 16.5. The molecule has 23 heavy (non-hydrogen) atoms. The van der Waals surface area contributed by atoms with Crippen LogP contribution in [0.4, 0.5) is 5.69 Å². The molecular formula is C19H19BrClNO. The van der Waals surface area contributed by atoms with Crippen molar-refractivity contribution >= 4 is 39.0 Å². The lowest BCUT2D eigenvalue weighted by atomic mass is 9.80. The minimum absolute atomic E-state index is 0.0127. The van der Waals surface area contributed by atoms with Crippen molar-refractivity contribution in [3.8, 4) is 0 Å². The number of Topliss-reactive ketones (excluding diaryl/α,β-unsaturated/α-hetero) is 1. The van der Waals surface area contributed by atoms with E-state index in [9.17, 15) is 4.79 Å². The Hall–Kier alpha value is -1.32. The number of nitrogens with one attached hydrogen (secondary N) is 1. The highest BCUT2D eigenvalue weighted by Gasteiger charge is 2.31. The van der Waals surface area contributed by atoms with Crippen molar-refractivity contribution in [1.29, 1.82) is 0 Å². The summed E-state index contributed by atoms with van der Waals surface area (Å²) in [5.74, 6) is 0.384. The van der Waals surface area contributed by atoms with E-state index in [1.165, 1.54) is 0 Å². The van der Waals surface area contributed by atoms with Gasteiger partial charge in [-0.15, -0.1) is 0 Å². The van der Waals surface area contributed by atoms with Gasteiger partial charge in [-0.1, -0.05) is 46.1 Å². The lowest BCUT2D eigenvalue weighted by Gasteiger charge is -2.31. The third kappa shape index (κ3) is 4.15. The molecule has 1 fully saturated rings. The van der Waals surface area contributed by atoms with Crippen molar-refractivity contribution < 1.29 is 4.79 Å². The Kier molecular flexibility index (Phi) is 5.39. The van der Waals surface area contributed by atoms with Crippen LogP contribution in [-0.4, -0.2) is 5.78 Å². The molecule has 0 amide bonds. The van der Waals surface area contributed by atoms with Crippen molar-refractivity contribution in [3.63, 3.8) is 0 Å². The van der Waals surface area contributed by atoms with Gasteiger partial charge in [0.2, 0.25) is 0 Å². The summed E-state index contributed by atoms with van der Waals surface area (Å²) >= 11 is 9.47. The molecule has 0 saturated heterocycles. The number of benzene rings is 2. The molecule has 1 aliphatic carbocycles. The van der Waals surface area contributed by atoms with E-state index in [1.807, 2.05) is 48.5 Å². The summed E-state index contributed by atoms with van der Waals surface area (Å²) < 4.78 is 1.04. The van der Waals surface area contributed by atoms with Crippen molar-refractivity contribution in [3.05, 3.63) is 63.6 Å². The second-order valence-corrected chi connectivity index (χ2v) is 7.35. The Morgan fingerprint density at radius 1 is 1.04 bits per heavy atom. The molecule has 0 heterocycles. The molecular weight excluding hydrogens is 374 g/mol.